The average Bonchev–Trinajstić information content (AvgIpc) is 2.04. The molecular formula is C8H8BrClO2. The Bertz CT molecular complexity index is 247. The number of Topliss-reactive ketones (excluding diaryl/α,β-unsaturated/α-hetero) is 1. The first kappa shape index (κ1) is 9.96. The van der Waals surface area contributed by atoms with E-state index in [1.807, 2.05) is 0 Å². The molecule has 0 saturated heterocycles. The molecule has 0 aliphatic heterocycles. The third-order valence-electron chi connectivity index (χ3n) is 1.67. The predicted molar refractivity (Wildman–Crippen MR) is 51.4 cm³/mol. The fraction of sp³-hybridized carbons (Fsp3) is 0.375. The van der Waals surface area contributed by atoms with E-state index in [1.54, 1.807) is 18.2 Å². The van der Waals surface area contributed by atoms with Gasteiger partial charge in [-0.25, -0.2) is 0 Å². The molecule has 0 radical (unpaired) electrons. The number of allylic oxidation sites excluding steroid dienone is 2. The number of ketones is 1. The maximum atomic E-state index is 11.3. The molecule has 2 atom stereocenters. The molecule has 0 aromatic rings. The molecule has 0 bridgehead atoms. The zero-order valence-corrected chi connectivity index (χ0v) is 8.55. The summed E-state index contributed by atoms with van der Waals surface area (Å²) < 4.78 is -0.835. The highest BCUT2D eigenvalue weighted by Gasteiger charge is 2.35. The molecule has 0 spiro atoms. The Hall–Kier alpha value is -0.120. The first-order chi connectivity index (χ1) is 5.56. The third kappa shape index (κ3) is 1.97. The summed E-state index contributed by atoms with van der Waals surface area (Å²) in [5.74, 6) is -0.426. The van der Waals surface area contributed by atoms with Crippen molar-refractivity contribution in [2.24, 2.45) is 0 Å². The highest BCUT2D eigenvalue weighted by atomic mass is 79.9. The molecule has 0 amide bonds. The number of hydrogen-bond donors (Lipinski definition) is 1. The minimum atomic E-state index is -1.43. The molecule has 4 heteroatoms. The summed E-state index contributed by atoms with van der Waals surface area (Å²) in [5.41, 5.74) is -1.43. The van der Waals surface area contributed by atoms with Gasteiger partial charge in [-0.15, -0.1) is 11.6 Å². The number of carbonyl (C=O) groups excluding carboxylic acids is 1. The van der Waals surface area contributed by atoms with E-state index in [2.05, 4.69) is 15.9 Å². The van der Waals surface area contributed by atoms with Crippen molar-refractivity contribution in [3.05, 3.63) is 24.3 Å². The second kappa shape index (κ2) is 3.73. The molecule has 0 aromatic carbocycles. The largest absolute Gasteiger partial charge is 0.377 e. The number of alkyl halides is 2. The molecule has 1 rings (SSSR count). The second-order valence-electron chi connectivity index (χ2n) is 2.58. The van der Waals surface area contributed by atoms with Crippen LogP contribution in [0.3, 0.4) is 0 Å². The van der Waals surface area contributed by atoms with Gasteiger partial charge in [0.1, 0.15) is 9.89 Å². The van der Waals surface area contributed by atoms with Gasteiger partial charge in [0.2, 0.25) is 0 Å². The van der Waals surface area contributed by atoms with Crippen LogP contribution in [0.1, 0.15) is 6.42 Å². The lowest BCUT2D eigenvalue weighted by Gasteiger charge is -2.23. The van der Waals surface area contributed by atoms with E-state index < -0.39 is 15.7 Å². The van der Waals surface area contributed by atoms with Crippen LogP contribution in [0.15, 0.2) is 24.3 Å². The van der Waals surface area contributed by atoms with Crippen molar-refractivity contribution in [2.75, 3.05) is 0 Å². The summed E-state index contributed by atoms with van der Waals surface area (Å²) in [6.07, 6.45) is 6.88. The molecule has 1 aliphatic carbocycles. The molecule has 1 N–H and O–H groups in total. The number of aliphatic hydroxyl groups is 1. The van der Waals surface area contributed by atoms with Crippen molar-refractivity contribution in [3.63, 3.8) is 0 Å². The topological polar surface area (TPSA) is 37.3 Å². The first-order valence-corrected chi connectivity index (χ1v) is 4.81. The summed E-state index contributed by atoms with van der Waals surface area (Å²) in [4.78, 5) is 11.3. The lowest BCUT2D eigenvalue weighted by molar-refractivity contribution is -0.130. The molecule has 0 heterocycles. The van der Waals surface area contributed by atoms with Crippen molar-refractivity contribution < 1.29 is 9.90 Å². The van der Waals surface area contributed by atoms with Gasteiger partial charge in [0.15, 0.2) is 5.78 Å². The monoisotopic (exact) mass is 250 g/mol. The molecule has 12 heavy (non-hydrogen) atoms. The van der Waals surface area contributed by atoms with Crippen LogP contribution in [-0.4, -0.2) is 20.8 Å². The third-order valence-corrected chi connectivity index (χ3v) is 2.29. The van der Waals surface area contributed by atoms with Gasteiger partial charge in [0.05, 0.1) is 0 Å². The fourth-order valence-corrected chi connectivity index (χ4v) is 1.57. The molecular weight excluding hydrogens is 243 g/mol. The Morgan fingerprint density at radius 2 is 2.33 bits per heavy atom. The average molecular weight is 252 g/mol. The summed E-state index contributed by atoms with van der Waals surface area (Å²) in [6.45, 7) is 0. The van der Waals surface area contributed by atoms with Crippen LogP contribution in [-0.2, 0) is 4.79 Å². The smallest absolute Gasteiger partial charge is 0.197 e. The van der Waals surface area contributed by atoms with E-state index in [4.69, 9.17) is 11.6 Å². The van der Waals surface area contributed by atoms with Crippen LogP contribution in [0, 0.1) is 0 Å². The van der Waals surface area contributed by atoms with Gasteiger partial charge >= 0.3 is 0 Å². The van der Waals surface area contributed by atoms with Crippen LogP contribution in [0.25, 0.3) is 0 Å². The van der Waals surface area contributed by atoms with Crippen molar-refractivity contribution in [1.29, 1.82) is 0 Å². The minimum Gasteiger partial charge on any atom is -0.377 e. The van der Waals surface area contributed by atoms with Crippen molar-refractivity contribution >= 4 is 33.3 Å². The summed E-state index contributed by atoms with van der Waals surface area (Å²) >= 11 is 8.41. The van der Waals surface area contributed by atoms with E-state index in [0.717, 1.165) is 0 Å². The Kier molecular flexibility index (Phi) is 3.09. The second-order valence-corrected chi connectivity index (χ2v) is 4.46. The zero-order valence-electron chi connectivity index (χ0n) is 6.21. The van der Waals surface area contributed by atoms with Gasteiger partial charge < -0.3 is 5.11 Å². The Labute approximate surface area is 84.0 Å². The summed E-state index contributed by atoms with van der Waals surface area (Å²) in [6, 6.07) is 0. The lowest BCUT2D eigenvalue weighted by Crippen LogP contribution is -2.40. The Morgan fingerprint density at radius 3 is 2.75 bits per heavy atom. The Morgan fingerprint density at radius 1 is 1.67 bits per heavy atom. The maximum Gasteiger partial charge on any atom is 0.197 e. The summed E-state index contributed by atoms with van der Waals surface area (Å²) in [5, 5.41) is 9.71. The molecule has 0 saturated carbocycles. The van der Waals surface area contributed by atoms with Crippen LogP contribution in [0.4, 0.5) is 0 Å². The number of hydrogen-bond acceptors (Lipinski definition) is 2. The molecule has 0 aromatic heterocycles. The lowest BCUT2D eigenvalue weighted by atomic mass is 9.92. The van der Waals surface area contributed by atoms with E-state index in [9.17, 15) is 9.90 Å². The molecule has 0 unspecified atom stereocenters. The maximum absolute atomic E-state index is 11.3. The Balaban J connectivity index is 2.79. The minimum absolute atomic E-state index is 0.289. The molecule has 1 aliphatic rings. The van der Waals surface area contributed by atoms with Gasteiger partial charge in [0.25, 0.3) is 0 Å². The summed E-state index contributed by atoms with van der Waals surface area (Å²) in [7, 11) is 0. The van der Waals surface area contributed by atoms with E-state index in [0.29, 0.717) is 0 Å². The highest BCUT2D eigenvalue weighted by Crippen LogP contribution is 2.24. The number of carbonyl (C=O) groups is 1. The standard InChI is InChI=1S/C8H8BrClO2/c9-7(10)6(11)8(12)4-2-1-3-5-8/h1-4,7,12H,5H2/t7-,8-/m1/s1. The molecule has 0 fully saturated rings. The van der Waals surface area contributed by atoms with Crippen LogP contribution < -0.4 is 0 Å². The van der Waals surface area contributed by atoms with Crippen LogP contribution >= 0.6 is 27.5 Å². The van der Waals surface area contributed by atoms with Crippen molar-refractivity contribution in [3.8, 4) is 0 Å². The molecule has 66 valence electrons. The van der Waals surface area contributed by atoms with Gasteiger partial charge in [-0.05, 0) is 6.08 Å². The van der Waals surface area contributed by atoms with Crippen LogP contribution in [0.5, 0.6) is 0 Å². The van der Waals surface area contributed by atoms with Crippen molar-refractivity contribution in [1.82, 2.24) is 0 Å². The first-order valence-electron chi connectivity index (χ1n) is 3.45. The number of halogens is 2. The van der Waals surface area contributed by atoms with Gasteiger partial charge in [0, 0.05) is 6.42 Å². The predicted octanol–water partition coefficient (Wildman–Crippen LogP) is 1.76. The van der Waals surface area contributed by atoms with Crippen LogP contribution in [0.2, 0.25) is 0 Å². The number of rotatable bonds is 2. The van der Waals surface area contributed by atoms with Gasteiger partial charge in [-0.2, -0.15) is 0 Å². The van der Waals surface area contributed by atoms with Gasteiger partial charge in [-0.1, -0.05) is 34.2 Å². The fourth-order valence-electron chi connectivity index (χ4n) is 0.981. The normalized spacial score (nSPS) is 30.2. The van der Waals surface area contributed by atoms with E-state index in [1.165, 1.54) is 6.08 Å². The van der Waals surface area contributed by atoms with Gasteiger partial charge in [-0.3, -0.25) is 4.79 Å². The molecule has 2 nitrogen and oxygen atoms in total. The quantitative estimate of drug-likeness (QED) is 0.760. The van der Waals surface area contributed by atoms with E-state index in [-0.39, 0.29) is 6.42 Å². The van der Waals surface area contributed by atoms with Crippen molar-refractivity contribution in [2.45, 2.75) is 16.3 Å². The highest BCUT2D eigenvalue weighted by molar-refractivity contribution is 9.10. The zero-order chi connectivity index (χ0) is 9.19. The van der Waals surface area contributed by atoms with E-state index >= 15 is 0 Å². The SMILES string of the molecule is O=C([C@@H](Cl)Br)[C@@]1(O)C=CC=CC1.